The minimum absolute atomic E-state index is 0.00207. The number of anilines is 1. The first-order valence-electron chi connectivity index (χ1n) is 8.69. The quantitative estimate of drug-likeness (QED) is 0.934. The van der Waals surface area contributed by atoms with E-state index in [0.29, 0.717) is 13.0 Å². The number of nitrogens with zero attached hydrogens (tertiary/aromatic N) is 2. The van der Waals surface area contributed by atoms with Crippen LogP contribution >= 0.6 is 0 Å². The van der Waals surface area contributed by atoms with E-state index in [1.54, 1.807) is 18.5 Å². The molecule has 1 aliphatic heterocycles. The number of carbonyl (C=O) groups excluding carboxylic acids is 2. The molecule has 2 aliphatic rings. The van der Waals surface area contributed by atoms with Gasteiger partial charge < -0.3 is 10.2 Å². The van der Waals surface area contributed by atoms with Gasteiger partial charge in [0.2, 0.25) is 11.8 Å². The van der Waals surface area contributed by atoms with Crippen LogP contribution in [0.25, 0.3) is 0 Å². The molecular weight excluding hydrogens is 314 g/mol. The van der Waals surface area contributed by atoms with Crippen LogP contribution in [0.15, 0.2) is 54.9 Å². The molecule has 1 N–H and O–H groups in total. The van der Waals surface area contributed by atoms with E-state index in [2.05, 4.69) is 10.3 Å². The molecule has 1 saturated heterocycles. The molecule has 5 heteroatoms. The van der Waals surface area contributed by atoms with Gasteiger partial charge in [0.05, 0.1) is 18.3 Å². The van der Waals surface area contributed by atoms with Crippen LogP contribution < -0.4 is 5.32 Å². The molecule has 2 amide bonds. The fraction of sp³-hybridized carbons (Fsp3) is 0.350. The SMILES string of the molecule is O=C(Nc1cccnc1)[C@@H]1C[C@]12CCN(C(=O)Cc1ccccc1)C2. The number of amides is 2. The van der Waals surface area contributed by atoms with E-state index in [1.165, 1.54) is 0 Å². The van der Waals surface area contributed by atoms with Crippen molar-refractivity contribution in [2.75, 3.05) is 18.4 Å². The summed E-state index contributed by atoms with van der Waals surface area (Å²) < 4.78 is 0. The zero-order valence-corrected chi connectivity index (χ0v) is 14.0. The topological polar surface area (TPSA) is 62.3 Å². The molecule has 1 aromatic carbocycles. The molecule has 2 atom stereocenters. The van der Waals surface area contributed by atoms with Crippen LogP contribution in [0.1, 0.15) is 18.4 Å². The van der Waals surface area contributed by atoms with Crippen molar-refractivity contribution in [2.45, 2.75) is 19.3 Å². The van der Waals surface area contributed by atoms with Gasteiger partial charge in [-0.05, 0) is 30.5 Å². The molecule has 4 rings (SSSR count). The van der Waals surface area contributed by atoms with Crippen molar-refractivity contribution in [2.24, 2.45) is 11.3 Å². The molecular formula is C20H21N3O2. The average Bonchev–Trinajstić information content (AvgIpc) is 3.17. The van der Waals surface area contributed by atoms with E-state index in [-0.39, 0.29) is 23.1 Å². The summed E-state index contributed by atoms with van der Waals surface area (Å²) in [4.78, 5) is 30.9. The predicted molar refractivity (Wildman–Crippen MR) is 94.7 cm³/mol. The standard InChI is InChI=1S/C20H21N3O2/c24-18(11-15-5-2-1-3-6-15)23-10-8-20(14-23)12-17(20)19(25)22-16-7-4-9-21-13-16/h1-7,9,13,17H,8,10-12,14H2,(H,22,25)/t17-,20-/m0/s1. The maximum atomic E-state index is 12.5. The molecule has 1 spiro atoms. The van der Waals surface area contributed by atoms with Crippen LogP contribution in [0.2, 0.25) is 0 Å². The Kier molecular flexibility index (Phi) is 3.99. The highest BCUT2D eigenvalue weighted by molar-refractivity contribution is 5.95. The van der Waals surface area contributed by atoms with E-state index < -0.39 is 0 Å². The summed E-state index contributed by atoms with van der Waals surface area (Å²) in [6.45, 7) is 1.45. The molecule has 2 fully saturated rings. The first-order chi connectivity index (χ1) is 12.2. The van der Waals surface area contributed by atoms with Crippen molar-refractivity contribution in [1.29, 1.82) is 0 Å². The summed E-state index contributed by atoms with van der Waals surface area (Å²) in [5.41, 5.74) is 1.75. The Balaban J connectivity index is 1.33. The van der Waals surface area contributed by atoms with E-state index in [9.17, 15) is 9.59 Å². The van der Waals surface area contributed by atoms with Gasteiger partial charge in [0.15, 0.2) is 0 Å². The number of benzene rings is 1. The first kappa shape index (κ1) is 15.8. The zero-order chi connectivity index (χ0) is 17.3. The number of pyridine rings is 1. The Morgan fingerprint density at radius 2 is 2.04 bits per heavy atom. The second-order valence-corrected chi connectivity index (χ2v) is 7.08. The Labute approximate surface area is 147 Å². The number of hydrogen-bond acceptors (Lipinski definition) is 3. The van der Waals surface area contributed by atoms with Gasteiger partial charge in [0, 0.05) is 30.6 Å². The van der Waals surface area contributed by atoms with Crippen LogP contribution in [0.3, 0.4) is 0 Å². The molecule has 128 valence electrons. The van der Waals surface area contributed by atoms with Crippen molar-refractivity contribution in [1.82, 2.24) is 9.88 Å². The van der Waals surface area contributed by atoms with Crippen LogP contribution in [-0.4, -0.2) is 34.8 Å². The smallest absolute Gasteiger partial charge is 0.228 e. The monoisotopic (exact) mass is 335 g/mol. The fourth-order valence-electron chi connectivity index (χ4n) is 3.83. The summed E-state index contributed by atoms with van der Waals surface area (Å²) in [5, 5.41) is 2.93. The molecule has 25 heavy (non-hydrogen) atoms. The Bertz CT molecular complexity index is 725. The van der Waals surface area contributed by atoms with E-state index in [1.807, 2.05) is 41.3 Å². The van der Waals surface area contributed by atoms with Crippen LogP contribution in [0.4, 0.5) is 5.69 Å². The fourth-order valence-corrected chi connectivity index (χ4v) is 3.83. The Morgan fingerprint density at radius 3 is 2.80 bits per heavy atom. The van der Waals surface area contributed by atoms with E-state index in [0.717, 1.165) is 30.6 Å². The molecule has 2 aromatic rings. The number of nitrogens with one attached hydrogen (secondary N) is 1. The minimum Gasteiger partial charge on any atom is -0.342 e. The number of hydrogen-bond donors (Lipinski definition) is 1. The van der Waals surface area contributed by atoms with Gasteiger partial charge in [-0.2, -0.15) is 0 Å². The molecule has 2 heterocycles. The highest BCUT2D eigenvalue weighted by atomic mass is 16.2. The lowest BCUT2D eigenvalue weighted by Crippen LogP contribution is -2.31. The van der Waals surface area contributed by atoms with Crippen LogP contribution in [-0.2, 0) is 16.0 Å². The summed E-state index contributed by atoms with van der Waals surface area (Å²) in [6.07, 6.45) is 5.55. The summed E-state index contributed by atoms with van der Waals surface area (Å²) in [5.74, 6) is 0.203. The number of rotatable bonds is 4. The van der Waals surface area contributed by atoms with Gasteiger partial charge >= 0.3 is 0 Å². The van der Waals surface area contributed by atoms with Crippen LogP contribution in [0, 0.1) is 11.3 Å². The number of likely N-dealkylation sites (tertiary alicyclic amines) is 1. The minimum atomic E-state index is -0.0152. The van der Waals surface area contributed by atoms with Crippen LogP contribution in [0.5, 0.6) is 0 Å². The first-order valence-corrected chi connectivity index (χ1v) is 8.69. The maximum absolute atomic E-state index is 12.5. The lowest BCUT2D eigenvalue weighted by molar-refractivity contribution is -0.129. The third kappa shape index (κ3) is 3.27. The van der Waals surface area contributed by atoms with E-state index in [4.69, 9.17) is 0 Å². The van der Waals surface area contributed by atoms with Gasteiger partial charge in [-0.1, -0.05) is 30.3 Å². The van der Waals surface area contributed by atoms with Crippen molar-refractivity contribution in [3.05, 3.63) is 60.4 Å². The number of aromatic nitrogens is 1. The molecule has 1 aliphatic carbocycles. The largest absolute Gasteiger partial charge is 0.342 e. The Morgan fingerprint density at radius 1 is 1.20 bits per heavy atom. The van der Waals surface area contributed by atoms with Gasteiger partial charge in [0.25, 0.3) is 0 Å². The summed E-state index contributed by atoms with van der Waals surface area (Å²) >= 11 is 0. The zero-order valence-electron chi connectivity index (χ0n) is 14.0. The Hall–Kier alpha value is -2.69. The molecule has 0 unspecified atom stereocenters. The molecule has 0 bridgehead atoms. The summed E-state index contributed by atoms with van der Waals surface area (Å²) in [6, 6.07) is 13.5. The maximum Gasteiger partial charge on any atom is 0.228 e. The number of carbonyl (C=O) groups is 2. The molecule has 5 nitrogen and oxygen atoms in total. The molecule has 1 aromatic heterocycles. The average molecular weight is 335 g/mol. The normalized spacial score (nSPS) is 24.3. The van der Waals surface area contributed by atoms with Crippen molar-refractivity contribution in [3.8, 4) is 0 Å². The van der Waals surface area contributed by atoms with Crippen molar-refractivity contribution < 1.29 is 9.59 Å². The van der Waals surface area contributed by atoms with Gasteiger partial charge in [-0.25, -0.2) is 0 Å². The second kappa shape index (κ2) is 6.31. The van der Waals surface area contributed by atoms with Gasteiger partial charge in [-0.3, -0.25) is 14.6 Å². The van der Waals surface area contributed by atoms with Gasteiger partial charge in [-0.15, -0.1) is 0 Å². The predicted octanol–water partition coefficient (Wildman–Crippen LogP) is 2.50. The third-order valence-electron chi connectivity index (χ3n) is 5.37. The second-order valence-electron chi connectivity index (χ2n) is 7.08. The summed E-state index contributed by atoms with van der Waals surface area (Å²) in [7, 11) is 0. The van der Waals surface area contributed by atoms with E-state index >= 15 is 0 Å². The van der Waals surface area contributed by atoms with Crippen molar-refractivity contribution >= 4 is 17.5 Å². The lowest BCUT2D eigenvalue weighted by atomic mass is 10.0. The van der Waals surface area contributed by atoms with Gasteiger partial charge in [0.1, 0.15) is 0 Å². The third-order valence-corrected chi connectivity index (χ3v) is 5.37. The van der Waals surface area contributed by atoms with Crippen molar-refractivity contribution in [3.63, 3.8) is 0 Å². The highest BCUT2D eigenvalue weighted by Gasteiger charge is 2.61. The lowest BCUT2D eigenvalue weighted by Gasteiger charge is -2.17. The molecule has 1 saturated carbocycles. The highest BCUT2D eigenvalue weighted by Crippen LogP contribution is 2.58. The molecule has 0 radical (unpaired) electrons.